The number of aryl methyl sites for hydroxylation is 1. The van der Waals surface area contributed by atoms with Crippen LogP contribution in [0.3, 0.4) is 0 Å². The number of hydrogen-bond donors (Lipinski definition) is 1. The highest BCUT2D eigenvalue weighted by atomic mass is 14.8. The lowest BCUT2D eigenvalue weighted by Crippen LogP contribution is -2.21. The molecule has 1 aromatic rings. The first-order valence-corrected chi connectivity index (χ1v) is 6.42. The van der Waals surface area contributed by atoms with Crippen LogP contribution in [-0.2, 0) is 6.42 Å². The minimum atomic E-state index is 0.778. The molecule has 1 nitrogen and oxygen atoms in total. The first-order chi connectivity index (χ1) is 7.74. The average Bonchev–Trinajstić information content (AvgIpc) is 2.30. The van der Waals surface area contributed by atoms with Crippen LogP contribution in [0.25, 0.3) is 0 Å². The van der Waals surface area contributed by atoms with E-state index in [4.69, 9.17) is 0 Å². The van der Waals surface area contributed by atoms with Crippen LogP contribution in [0, 0.1) is 11.8 Å². The van der Waals surface area contributed by atoms with Crippen molar-refractivity contribution in [3.8, 4) is 0 Å². The Kier molecular flexibility index (Phi) is 6.17. The Balaban J connectivity index is 2.20. The third-order valence-electron chi connectivity index (χ3n) is 3.47. The quantitative estimate of drug-likeness (QED) is 0.740. The van der Waals surface area contributed by atoms with Gasteiger partial charge in [-0.05, 0) is 43.8 Å². The molecule has 0 aromatic heterocycles. The van der Waals surface area contributed by atoms with Crippen molar-refractivity contribution in [2.75, 3.05) is 13.6 Å². The fourth-order valence-electron chi connectivity index (χ4n) is 2.08. The topological polar surface area (TPSA) is 12.0 Å². The van der Waals surface area contributed by atoms with E-state index in [1.165, 1.54) is 24.8 Å². The molecule has 1 N–H and O–H groups in total. The van der Waals surface area contributed by atoms with Gasteiger partial charge in [0.1, 0.15) is 0 Å². The van der Waals surface area contributed by atoms with Crippen molar-refractivity contribution in [1.29, 1.82) is 0 Å². The lowest BCUT2D eigenvalue weighted by atomic mass is 9.90. The van der Waals surface area contributed by atoms with Crippen LogP contribution in [0.4, 0.5) is 0 Å². The SMILES string of the molecule is CNCC(C)C(C)CCCc1ccccc1. The van der Waals surface area contributed by atoms with E-state index in [-0.39, 0.29) is 0 Å². The number of nitrogens with one attached hydrogen (secondary N) is 1. The first-order valence-electron chi connectivity index (χ1n) is 6.42. The summed E-state index contributed by atoms with van der Waals surface area (Å²) in [7, 11) is 2.03. The van der Waals surface area contributed by atoms with Crippen LogP contribution in [0.15, 0.2) is 30.3 Å². The molecule has 0 fully saturated rings. The fraction of sp³-hybridized carbons (Fsp3) is 0.600. The highest BCUT2D eigenvalue weighted by molar-refractivity contribution is 5.14. The van der Waals surface area contributed by atoms with Crippen LogP contribution in [0.1, 0.15) is 32.3 Å². The molecular formula is C15H25N. The van der Waals surface area contributed by atoms with Gasteiger partial charge in [-0.25, -0.2) is 0 Å². The fourth-order valence-corrected chi connectivity index (χ4v) is 2.08. The normalized spacial score (nSPS) is 14.7. The zero-order chi connectivity index (χ0) is 11.8. The number of hydrogen-bond acceptors (Lipinski definition) is 1. The molecule has 0 heterocycles. The second-order valence-corrected chi connectivity index (χ2v) is 4.89. The molecule has 1 rings (SSSR count). The minimum Gasteiger partial charge on any atom is -0.319 e. The van der Waals surface area contributed by atoms with E-state index in [1.54, 1.807) is 0 Å². The summed E-state index contributed by atoms with van der Waals surface area (Å²) in [5.41, 5.74) is 1.47. The summed E-state index contributed by atoms with van der Waals surface area (Å²) in [5.74, 6) is 1.59. The summed E-state index contributed by atoms with van der Waals surface area (Å²) in [4.78, 5) is 0. The molecule has 1 heteroatoms. The van der Waals surface area contributed by atoms with Crippen molar-refractivity contribution in [2.24, 2.45) is 11.8 Å². The molecule has 0 aliphatic carbocycles. The van der Waals surface area contributed by atoms with Crippen LogP contribution in [0.2, 0.25) is 0 Å². The lowest BCUT2D eigenvalue weighted by molar-refractivity contribution is 0.348. The lowest BCUT2D eigenvalue weighted by Gasteiger charge is -2.19. The molecule has 0 saturated heterocycles. The Labute approximate surface area is 100 Å². The van der Waals surface area contributed by atoms with Gasteiger partial charge in [-0.3, -0.25) is 0 Å². The first kappa shape index (κ1) is 13.2. The van der Waals surface area contributed by atoms with E-state index in [2.05, 4.69) is 49.5 Å². The molecule has 0 bridgehead atoms. The molecule has 2 unspecified atom stereocenters. The second-order valence-electron chi connectivity index (χ2n) is 4.89. The van der Waals surface area contributed by atoms with Gasteiger partial charge in [0, 0.05) is 0 Å². The van der Waals surface area contributed by atoms with Gasteiger partial charge < -0.3 is 5.32 Å². The molecule has 0 aliphatic heterocycles. The molecule has 0 aliphatic rings. The van der Waals surface area contributed by atoms with E-state index >= 15 is 0 Å². The maximum atomic E-state index is 3.26. The van der Waals surface area contributed by atoms with Crippen LogP contribution < -0.4 is 5.32 Å². The van der Waals surface area contributed by atoms with Crippen LogP contribution >= 0.6 is 0 Å². The van der Waals surface area contributed by atoms with Gasteiger partial charge in [0.2, 0.25) is 0 Å². The molecule has 1 aromatic carbocycles. The molecule has 16 heavy (non-hydrogen) atoms. The Morgan fingerprint density at radius 3 is 2.38 bits per heavy atom. The smallest absolute Gasteiger partial charge is 0.00236 e. The van der Waals surface area contributed by atoms with Gasteiger partial charge in [-0.2, -0.15) is 0 Å². The molecule has 90 valence electrons. The van der Waals surface area contributed by atoms with Gasteiger partial charge in [0.05, 0.1) is 0 Å². The zero-order valence-electron chi connectivity index (χ0n) is 10.9. The summed E-state index contributed by atoms with van der Waals surface area (Å²) in [6.45, 7) is 5.84. The Morgan fingerprint density at radius 1 is 1.06 bits per heavy atom. The average molecular weight is 219 g/mol. The van der Waals surface area contributed by atoms with Crippen molar-refractivity contribution < 1.29 is 0 Å². The van der Waals surface area contributed by atoms with E-state index < -0.39 is 0 Å². The van der Waals surface area contributed by atoms with Gasteiger partial charge in [0.25, 0.3) is 0 Å². The predicted octanol–water partition coefficient (Wildman–Crippen LogP) is 3.50. The zero-order valence-corrected chi connectivity index (χ0v) is 10.9. The third-order valence-corrected chi connectivity index (χ3v) is 3.47. The third kappa shape index (κ3) is 4.80. The molecule has 0 radical (unpaired) electrons. The van der Waals surface area contributed by atoms with Gasteiger partial charge in [-0.15, -0.1) is 0 Å². The molecule has 0 amide bonds. The number of rotatable bonds is 7. The van der Waals surface area contributed by atoms with Gasteiger partial charge >= 0.3 is 0 Å². The maximum Gasteiger partial charge on any atom is -0.00236 e. The molecular weight excluding hydrogens is 194 g/mol. The molecule has 2 atom stereocenters. The maximum absolute atomic E-state index is 3.26. The highest BCUT2D eigenvalue weighted by Gasteiger charge is 2.10. The van der Waals surface area contributed by atoms with Gasteiger partial charge in [-0.1, -0.05) is 50.6 Å². The summed E-state index contributed by atoms with van der Waals surface area (Å²) < 4.78 is 0. The standard InChI is InChI=1S/C15H25N/c1-13(14(2)12-16-3)8-7-11-15-9-5-4-6-10-15/h4-6,9-10,13-14,16H,7-8,11-12H2,1-3H3. The van der Waals surface area contributed by atoms with Crippen molar-refractivity contribution >= 4 is 0 Å². The minimum absolute atomic E-state index is 0.778. The number of benzene rings is 1. The summed E-state index contributed by atoms with van der Waals surface area (Å²) in [6.07, 6.45) is 3.86. The van der Waals surface area contributed by atoms with Crippen molar-refractivity contribution in [2.45, 2.75) is 33.1 Å². The van der Waals surface area contributed by atoms with Crippen LogP contribution in [-0.4, -0.2) is 13.6 Å². The highest BCUT2D eigenvalue weighted by Crippen LogP contribution is 2.17. The van der Waals surface area contributed by atoms with Crippen molar-refractivity contribution in [3.05, 3.63) is 35.9 Å². The van der Waals surface area contributed by atoms with E-state index in [9.17, 15) is 0 Å². The van der Waals surface area contributed by atoms with Gasteiger partial charge in [0.15, 0.2) is 0 Å². The Morgan fingerprint density at radius 2 is 1.75 bits per heavy atom. The Hall–Kier alpha value is -0.820. The summed E-state index contributed by atoms with van der Waals surface area (Å²) in [6, 6.07) is 10.8. The molecule has 0 spiro atoms. The second kappa shape index (κ2) is 7.45. The summed E-state index contributed by atoms with van der Waals surface area (Å²) in [5, 5.41) is 3.26. The van der Waals surface area contributed by atoms with E-state index in [1.807, 2.05) is 7.05 Å². The van der Waals surface area contributed by atoms with Crippen molar-refractivity contribution in [3.63, 3.8) is 0 Å². The van der Waals surface area contributed by atoms with E-state index in [0.717, 1.165) is 18.4 Å². The largest absolute Gasteiger partial charge is 0.319 e. The van der Waals surface area contributed by atoms with Crippen LogP contribution in [0.5, 0.6) is 0 Å². The Bertz CT molecular complexity index is 268. The monoisotopic (exact) mass is 219 g/mol. The predicted molar refractivity (Wildman–Crippen MR) is 71.6 cm³/mol. The van der Waals surface area contributed by atoms with Crippen molar-refractivity contribution in [1.82, 2.24) is 5.32 Å². The van der Waals surface area contributed by atoms with E-state index in [0.29, 0.717) is 0 Å². The summed E-state index contributed by atoms with van der Waals surface area (Å²) >= 11 is 0. The molecule has 0 saturated carbocycles.